The Morgan fingerprint density at radius 3 is 3.00 bits per heavy atom. The minimum Gasteiger partial charge on any atom is -0.467 e. The predicted octanol–water partition coefficient (Wildman–Crippen LogP) is 2.24. The summed E-state index contributed by atoms with van der Waals surface area (Å²) in [6.45, 7) is 0.0519. The number of rotatable bonds is 4. The number of carbonyl (C=O) groups is 1. The number of nitroso groups, excluding NO2 is 1. The normalized spacial score (nSPS) is 10.4. The molecule has 6 heteroatoms. The van der Waals surface area contributed by atoms with Crippen molar-refractivity contribution in [1.82, 2.24) is 5.01 Å². The number of hydrogen-bond donors (Lipinski definition) is 0. The van der Waals surface area contributed by atoms with E-state index < -0.39 is 5.91 Å². The standard InChI is InChI=1S/C8H7IN2O3/c9-4-3-8(12)11(10-13)6-7-2-1-5-14-7/h1-5H,6H2/b4-3-. The highest BCUT2D eigenvalue weighted by Crippen LogP contribution is 2.06. The van der Waals surface area contributed by atoms with Crippen molar-refractivity contribution in [2.45, 2.75) is 6.54 Å². The first-order valence-corrected chi connectivity index (χ1v) is 4.96. The Bertz CT molecular complexity index is 334. The van der Waals surface area contributed by atoms with Crippen LogP contribution in [0.4, 0.5) is 0 Å². The lowest BCUT2D eigenvalue weighted by Crippen LogP contribution is -2.22. The van der Waals surface area contributed by atoms with Crippen LogP contribution in [0.2, 0.25) is 0 Å². The van der Waals surface area contributed by atoms with Crippen LogP contribution in [0, 0.1) is 4.91 Å². The van der Waals surface area contributed by atoms with Gasteiger partial charge in [0.05, 0.1) is 11.5 Å². The average Bonchev–Trinajstić information content (AvgIpc) is 2.66. The van der Waals surface area contributed by atoms with E-state index in [0.29, 0.717) is 5.76 Å². The molecule has 1 amide bonds. The summed E-state index contributed by atoms with van der Waals surface area (Å²) in [5.74, 6) is 0.0469. The first kappa shape index (κ1) is 10.9. The van der Waals surface area contributed by atoms with Crippen LogP contribution in [0.1, 0.15) is 5.76 Å². The molecule has 14 heavy (non-hydrogen) atoms. The van der Waals surface area contributed by atoms with Gasteiger partial charge in [0.15, 0.2) is 0 Å². The van der Waals surface area contributed by atoms with Gasteiger partial charge in [-0.05, 0) is 16.2 Å². The summed E-state index contributed by atoms with van der Waals surface area (Å²) in [7, 11) is 0. The van der Waals surface area contributed by atoms with Crippen LogP contribution in [0.3, 0.4) is 0 Å². The van der Waals surface area contributed by atoms with E-state index in [2.05, 4.69) is 5.29 Å². The van der Waals surface area contributed by atoms with Crippen LogP contribution in [0.25, 0.3) is 0 Å². The molecule has 1 rings (SSSR count). The quantitative estimate of drug-likeness (QED) is 0.371. The Hall–Kier alpha value is -1.18. The summed E-state index contributed by atoms with van der Waals surface area (Å²) in [4.78, 5) is 21.5. The van der Waals surface area contributed by atoms with Crippen LogP contribution < -0.4 is 0 Å². The third-order valence-electron chi connectivity index (χ3n) is 1.44. The van der Waals surface area contributed by atoms with Crippen LogP contribution in [-0.2, 0) is 11.3 Å². The highest BCUT2D eigenvalue weighted by molar-refractivity contribution is 14.1. The fraction of sp³-hybridized carbons (Fsp3) is 0.125. The Morgan fingerprint density at radius 2 is 2.50 bits per heavy atom. The smallest absolute Gasteiger partial charge is 0.270 e. The van der Waals surface area contributed by atoms with Crippen LogP contribution >= 0.6 is 22.6 Å². The molecule has 0 atom stereocenters. The molecule has 1 heterocycles. The summed E-state index contributed by atoms with van der Waals surface area (Å²) in [5.41, 5.74) is 0. The van der Waals surface area contributed by atoms with Crippen LogP contribution in [-0.4, -0.2) is 10.9 Å². The summed E-state index contributed by atoms with van der Waals surface area (Å²) >= 11 is 1.89. The first-order chi connectivity index (χ1) is 6.77. The minimum atomic E-state index is -0.467. The lowest BCUT2D eigenvalue weighted by atomic mass is 10.4. The van der Waals surface area contributed by atoms with Gasteiger partial charge in [0.2, 0.25) is 0 Å². The average molecular weight is 306 g/mol. The number of amides is 1. The number of carbonyl (C=O) groups excluding carboxylic acids is 1. The van der Waals surface area contributed by atoms with E-state index in [4.69, 9.17) is 4.42 Å². The van der Waals surface area contributed by atoms with E-state index in [9.17, 15) is 9.70 Å². The van der Waals surface area contributed by atoms with E-state index in [1.165, 1.54) is 16.4 Å². The van der Waals surface area contributed by atoms with Crippen molar-refractivity contribution in [1.29, 1.82) is 0 Å². The second-order valence-electron chi connectivity index (χ2n) is 2.35. The molecule has 0 bridgehead atoms. The fourth-order valence-corrected chi connectivity index (χ4v) is 1.14. The second kappa shape index (κ2) is 5.53. The lowest BCUT2D eigenvalue weighted by molar-refractivity contribution is -0.127. The molecule has 0 aromatic carbocycles. The van der Waals surface area contributed by atoms with Gasteiger partial charge in [0, 0.05) is 6.08 Å². The van der Waals surface area contributed by atoms with Crippen LogP contribution in [0.5, 0.6) is 0 Å². The molecule has 0 fully saturated rings. The Kier molecular flexibility index (Phi) is 4.30. The van der Waals surface area contributed by atoms with Gasteiger partial charge in [-0.2, -0.15) is 5.01 Å². The molecule has 0 saturated heterocycles. The molecule has 0 aliphatic carbocycles. The molecule has 0 spiro atoms. The zero-order valence-electron chi connectivity index (χ0n) is 7.09. The van der Waals surface area contributed by atoms with Gasteiger partial charge < -0.3 is 4.42 Å². The van der Waals surface area contributed by atoms with E-state index in [1.807, 2.05) is 22.6 Å². The first-order valence-electron chi connectivity index (χ1n) is 3.72. The molecule has 1 aromatic rings. The van der Waals surface area contributed by atoms with Gasteiger partial charge in [0.25, 0.3) is 5.91 Å². The maximum Gasteiger partial charge on any atom is 0.270 e. The number of halogens is 1. The van der Waals surface area contributed by atoms with E-state index in [-0.39, 0.29) is 6.54 Å². The molecule has 0 saturated carbocycles. The molecule has 0 N–H and O–H groups in total. The Morgan fingerprint density at radius 1 is 1.71 bits per heavy atom. The Balaban J connectivity index is 2.64. The van der Waals surface area contributed by atoms with E-state index in [1.54, 1.807) is 12.1 Å². The zero-order valence-corrected chi connectivity index (χ0v) is 9.25. The van der Waals surface area contributed by atoms with Crippen molar-refractivity contribution in [2.24, 2.45) is 5.29 Å². The molecular weight excluding hydrogens is 299 g/mol. The topological polar surface area (TPSA) is 62.9 Å². The van der Waals surface area contributed by atoms with Crippen molar-refractivity contribution < 1.29 is 9.21 Å². The van der Waals surface area contributed by atoms with Gasteiger partial charge in [-0.25, -0.2) is 0 Å². The van der Waals surface area contributed by atoms with Gasteiger partial charge in [-0.3, -0.25) is 4.79 Å². The monoisotopic (exact) mass is 306 g/mol. The molecular formula is C8H7IN2O3. The molecule has 74 valence electrons. The van der Waals surface area contributed by atoms with Crippen molar-refractivity contribution in [3.8, 4) is 0 Å². The highest BCUT2D eigenvalue weighted by Gasteiger charge is 2.12. The Labute approximate surface area is 93.8 Å². The largest absolute Gasteiger partial charge is 0.467 e. The molecule has 0 aliphatic heterocycles. The molecule has 0 radical (unpaired) electrons. The molecule has 1 aromatic heterocycles. The molecule has 0 aliphatic rings. The van der Waals surface area contributed by atoms with Crippen LogP contribution in [0.15, 0.2) is 38.3 Å². The van der Waals surface area contributed by atoms with Gasteiger partial charge in [-0.15, -0.1) is 4.91 Å². The number of nitrogens with zero attached hydrogens (tertiary/aromatic N) is 2. The highest BCUT2D eigenvalue weighted by atomic mass is 127. The van der Waals surface area contributed by atoms with Gasteiger partial charge >= 0.3 is 0 Å². The number of hydrogen-bond acceptors (Lipinski definition) is 4. The van der Waals surface area contributed by atoms with Gasteiger partial charge in [-0.1, -0.05) is 22.6 Å². The number of furan rings is 1. The maximum atomic E-state index is 11.2. The third-order valence-corrected chi connectivity index (χ3v) is 1.80. The zero-order chi connectivity index (χ0) is 10.4. The maximum absolute atomic E-state index is 11.2. The summed E-state index contributed by atoms with van der Waals surface area (Å²) in [6.07, 6.45) is 2.72. The van der Waals surface area contributed by atoms with Gasteiger partial charge in [0.1, 0.15) is 12.3 Å². The van der Waals surface area contributed by atoms with E-state index >= 15 is 0 Å². The third kappa shape index (κ3) is 2.95. The van der Waals surface area contributed by atoms with Crippen molar-refractivity contribution >= 4 is 28.5 Å². The second-order valence-corrected chi connectivity index (χ2v) is 3.07. The van der Waals surface area contributed by atoms with Crippen molar-refractivity contribution in [2.75, 3.05) is 0 Å². The van der Waals surface area contributed by atoms with E-state index in [0.717, 1.165) is 5.01 Å². The summed E-state index contributed by atoms with van der Waals surface area (Å²) < 4.78 is 6.49. The summed E-state index contributed by atoms with van der Waals surface area (Å²) in [5, 5.41) is 3.39. The molecule has 5 nitrogen and oxygen atoms in total. The predicted molar refractivity (Wildman–Crippen MR) is 58.2 cm³/mol. The van der Waals surface area contributed by atoms with Crippen molar-refractivity contribution in [3.05, 3.63) is 39.2 Å². The molecule has 0 unspecified atom stereocenters. The van der Waals surface area contributed by atoms with Crippen molar-refractivity contribution in [3.63, 3.8) is 0 Å². The lowest BCUT2D eigenvalue weighted by Gasteiger charge is -2.07. The fourth-order valence-electron chi connectivity index (χ4n) is 0.837. The summed E-state index contributed by atoms with van der Waals surface area (Å²) in [6, 6.07) is 3.34. The minimum absolute atomic E-state index is 0.0519. The SMILES string of the molecule is O=NN(Cc1ccco1)C(=O)/C=C\I.